The predicted octanol–water partition coefficient (Wildman–Crippen LogP) is 2.60. The van der Waals surface area contributed by atoms with E-state index in [9.17, 15) is 0 Å². The molecule has 0 N–H and O–H groups in total. The van der Waals surface area contributed by atoms with Crippen molar-refractivity contribution >= 4 is 0 Å². The SMILES string of the molecule is CCCCCC1(Cn2ccnc2)OCCCO1. The van der Waals surface area contributed by atoms with Gasteiger partial charge in [-0.25, -0.2) is 4.98 Å². The number of hydrogen-bond acceptors (Lipinski definition) is 3. The van der Waals surface area contributed by atoms with E-state index in [1.807, 2.05) is 17.1 Å². The summed E-state index contributed by atoms with van der Waals surface area (Å²) in [6.07, 6.45) is 11.2. The fraction of sp³-hybridized carbons (Fsp3) is 0.769. The fourth-order valence-corrected chi connectivity index (χ4v) is 2.23. The van der Waals surface area contributed by atoms with Crippen LogP contribution in [0.1, 0.15) is 39.0 Å². The van der Waals surface area contributed by atoms with Crippen molar-refractivity contribution in [2.75, 3.05) is 13.2 Å². The number of rotatable bonds is 6. The van der Waals surface area contributed by atoms with Crippen molar-refractivity contribution in [1.82, 2.24) is 9.55 Å². The second-order valence-corrected chi connectivity index (χ2v) is 4.65. The Hall–Kier alpha value is -0.870. The Bertz CT molecular complexity index is 305. The second kappa shape index (κ2) is 6.17. The molecule has 0 amide bonds. The molecular weight excluding hydrogens is 216 g/mol. The first kappa shape index (κ1) is 12.6. The molecule has 17 heavy (non-hydrogen) atoms. The quantitative estimate of drug-likeness (QED) is 0.715. The van der Waals surface area contributed by atoms with Crippen molar-refractivity contribution in [3.63, 3.8) is 0 Å². The normalized spacial score (nSPS) is 19.4. The average molecular weight is 238 g/mol. The smallest absolute Gasteiger partial charge is 0.186 e. The van der Waals surface area contributed by atoms with Gasteiger partial charge in [-0.05, 0) is 12.8 Å². The van der Waals surface area contributed by atoms with Gasteiger partial charge in [-0.2, -0.15) is 0 Å². The van der Waals surface area contributed by atoms with Gasteiger partial charge < -0.3 is 14.0 Å². The van der Waals surface area contributed by atoms with Crippen LogP contribution in [0.15, 0.2) is 18.7 Å². The lowest BCUT2D eigenvalue weighted by molar-refractivity contribution is -0.277. The number of unbranched alkanes of at least 4 members (excludes halogenated alkanes) is 2. The highest BCUT2D eigenvalue weighted by Gasteiger charge is 2.34. The van der Waals surface area contributed by atoms with Crippen LogP contribution in [0, 0.1) is 0 Å². The highest BCUT2D eigenvalue weighted by atomic mass is 16.7. The molecule has 1 aliphatic rings. The molecule has 1 fully saturated rings. The Morgan fingerprint density at radius 1 is 1.29 bits per heavy atom. The number of hydrogen-bond donors (Lipinski definition) is 0. The van der Waals surface area contributed by atoms with Gasteiger partial charge in [0.25, 0.3) is 0 Å². The Kier molecular flexibility index (Phi) is 4.57. The molecule has 1 saturated heterocycles. The van der Waals surface area contributed by atoms with E-state index in [4.69, 9.17) is 9.47 Å². The molecule has 4 heteroatoms. The summed E-state index contributed by atoms with van der Waals surface area (Å²) >= 11 is 0. The van der Waals surface area contributed by atoms with Crippen LogP contribution < -0.4 is 0 Å². The van der Waals surface area contributed by atoms with E-state index in [1.54, 1.807) is 6.20 Å². The van der Waals surface area contributed by atoms with Gasteiger partial charge in [0.2, 0.25) is 0 Å². The van der Waals surface area contributed by atoms with Crippen molar-refractivity contribution < 1.29 is 9.47 Å². The van der Waals surface area contributed by atoms with Gasteiger partial charge in [0, 0.05) is 18.8 Å². The molecule has 96 valence electrons. The minimum atomic E-state index is -0.422. The van der Waals surface area contributed by atoms with Gasteiger partial charge in [-0.3, -0.25) is 0 Å². The molecule has 2 heterocycles. The Morgan fingerprint density at radius 2 is 2.12 bits per heavy atom. The van der Waals surface area contributed by atoms with Crippen molar-refractivity contribution in [2.24, 2.45) is 0 Å². The third kappa shape index (κ3) is 3.54. The highest BCUT2D eigenvalue weighted by Crippen LogP contribution is 2.27. The molecule has 0 bridgehead atoms. The number of aromatic nitrogens is 2. The molecular formula is C13H22N2O2. The minimum Gasteiger partial charge on any atom is -0.348 e. The van der Waals surface area contributed by atoms with Crippen LogP contribution in [0.25, 0.3) is 0 Å². The van der Waals surface area contributed by atoms with Crippen LogP contribution in [0.4, 0.5) is 0 Å². The van der Waals surface area contributed by atoms with Crippen LogP contribution in [0.2, 0.25) is 0 Å². The summed E-state index contributed by atoms with van der Waals surface area (Å²) < 4.78 is 13.9. The first-order valence-electron chi connectivity index (χ1n) is 6.58. The summed E-state index contributed by atoms with van der Waals surface area (Å²) in [5.74, 6) is -0.422. The molecule has 1 aromatic heterocycles. The summed E-state index contributed by atoms with van der Waals surface area (Å²) in [4.78, 5) is 4.07. The Balaban J connectivity index is 1.95. The van der Waals surface area contributed by atoms with Crippen LogP contribution in [-0.4, -0.2) is 28.6 Å². The lowest BCUT2D eigenvalue weighted by atomic mass is 10.1. The summed E-state index contributed by atoms with van der Waals surface area (Å²) in [6.45, 7) is 4.57. The van der Waals surface area contributed by atoms with Gasteiger partial charge >= 0.3 is 0 Å². The molecule has 4 nitrogen and oxygen atoms in total. The summed E-state index contributed by atoms with van der Waals surface area (Å²) in [7, 11) is 0. The maximum absolute atomic E-state index is 5.91. The van der Waals surface area contributed by atoms with Gasteiger partial charge in [0.15, 0.2) is 5.79 Å². The third-order valence-electron chi connectivity index (χ3n) is 3.16. The largest absolute Gasteiger partial charge is 0.348 e. The first-order valence-corrected chi connectivity index (χ1v) is 6.58. The highest BCUT2D eigenvalue weighted by molar-refractivity contribution is 4.81. The summed E-state index contributed by atoms with van der Waals surface area (Å²) in [5, 5.41) is 0. The number of nitrogens with zero attached hydrogens (tertiary/aromatic N) is 2. The van der Waals surface area contributed by atoms with E-state index < -0.39 is 5.79 Å². The maximum atomic E-state index is 5.91. The van der Waals surface area contributed by atoms with Crippen LogP contribution in [-0.2, 0) is 16.0 Å². The van der Waals surface area contributed by atoms with Crippen LogP contribution >= 0.6 is 0 Å². The predicted molar refractivity (Wildman–Crippen MR) is 65.6 cm³/mol. The van der Waals surface area contributed by atoms with Gasteiger partial charge in [-0.1, -0.05) is 19.8 Å². The number of ether oxygens (including phenoxy) is 2. The standard InChI is InChI=1S/C13H22N2O2/c1-2-3-4-6-13(16-9-5-10-17-13)11-15-8-7-14-12-15/h7-8,12H,2-6,9-11H2,1H3. The molecule has 0 aromatic carbocycles. The van der Waals surface area contributed by atoms with E-state index in [1.165, 1.54) is 12.8 Å². The molecule has 0 atom stereocenters. The maximum Gasteiger partial charge on any atom is 0.186 e. The van der Waals surface area contributed by atoms with E-state index in [-0.39, 0.29) is 0 Å². The molecule has 2 rings (SSSR count). The lowest BCUT2D eigenvalue weighted by Gasteiger charge is -2.37. The Morgan fingerprint density at radius 3 is 2.76 bits per heavy atom. The van der Waals surface area contributed by atoms with Gasteiger partial charge in [-0.15, -0.1) is 0 Å². The minimum absolute atomic E-state index is 0.422. The van der Waals surface area contributed by atoms with E-state index in [2.05, 4.69) is 11.9 Å². The first-order chi connectivity index (χ1) is 8.35. The van der Waals surface area contributed by atoms with E-state index in [0.29, 0.717) is 0 Å². The second-order valence-electron chi connectivity index (χ2n) is 4.65. The lowest BCUT2D eigenvalue weighted by Crippen LogP contribution is -2.44. The summed E-state index contributed by atoms with van der Waals surface area (Å²) in [5.41, 5.74) is 0. The Labute approximate surface area is 103 Å². The molecule has 1 aliphatic heterocycles. The van der Waals surface area contributed by atoms with Crippen LogP contribution in [0.3, 0.4) is 0 Å². The zero-order chi connectivity index (χ0) is 12.0. The van der Waals surface area contributed by atoms with Crippen molar-refractivity contribution in [2.45, 2.75) is 51.4 Å². The van der Waals surface area contributed by atoms with E-state index in [0.717, 1.165) is 39.0 Å². The van der Waals surface area contributed by atoms with Crippen molar-refractivity contribution in [1.29, 1.82) is 0 Å². The molecule has 0 aliphatic carbocycles. The molecule has 0 saturated carbocycles. The zero-order valence-electron chi connectivity index (χ0n) is 10.6. The van der Waals surface area contributed by atoms with Gasteiger partial charge in [0.05, 0.1) is 26.1 Å². The summed E-state index contributed by atoms with van der Waals surface area (Å²) in [6, 6.07) is 0. The van der Waals surface area contributed by atoms with Crippen LogP contribution in [0.5, 0.6) is 0 Å². The molecule has 0 spiro atoms. The average Bonchev–Trinajstić information content (AvgIpc) is 2.83. The fourth-order valence-electron chi connectivity index (χ4n) is 2.23. The topological polar surface area (TPSA) is 36.3 Å². The van der Waals surface area contributed by atoms with Crippen molar-refractivity contribution in [3.05, 3.63) is 18.7 Å². The molecule has 1 aromatic rings. The zero-order valence-corrected chi connectivity index (χ0v) is 10.6. The number of imidazole rings is 1. The molecule has 0 radical (unpaired) electrons. The van der Waals surface area contributed by atoms with Gasteiger partial charge in [0.1, 0.15) is 0 Å². The monoisotopic (exact) mass is 238 g/mol. The van der Waals surface area contributed by atoms with Crippen molar-refractivity contribution in [3.8, 4) is 0 Å². The molecule has 0 unspecified atom stereocenters. The third-order valence-corrected chi connectivity index (χ3v) is 3.16. The van der Waals surface area contributed by atoms with E-state index >= 15 is 0 Å².